The van der Waals surface area contributed by atoms with Crippen molar-refractivity contribution < 1.29 is 0 Å². The van der Waals surface area contributed by atoms with Crippen LogP contribution in [0.25, 0.3) is 22.0 Å². The zero-order valence-electron chi connectivity index (χ0n) is 11.3. The van der Waals surface area contributed by atoms with Gasteiger partial charge in [0.1, 0.15) is 5.82 Å². The second-order valence-electron chi connectivity index (χ2n) is 4.88. The van der Waals surface area contributed by atoms with E-state index in [1.165, 1.54) is 0 Å². The molecule has 100 valence electrons. The number of benzene rings is 1. The Morgan fingerprint density at radius 1 is 1.05 bits per heavy atom. The summed E-state index contributed by atoms with van der Waals surface area (Å²) >= 11 is 0. The molecule has 2 heterocycles. The predicted octanol–water partition coefficient (Wildman–Crippen LogP) is 2.65. The molecule has 0 atom stereocenters. The summed E-state index contributed by atoms with van der Waals surface area (Å²) in [6.07, 6.45) is 3.62. The van der Waals surface area contributed by atoms with E-state index in [9.17, 15) is 0 Å². The van der Waals surface area contributed by atoms with Crippen LogP contribution in [-0.4, -0.2) is 9.97 Å². The second kappa shape index (κ2) is 4.90. The average Bonchev–Trinajstić information content (AvgIpc) is 2.46. The fourth-order valence-electron chi connectivity index (χ4n) is 2.37. The maximum atomic E-state index is 5.82. The van der Waals surface area contributed by atoms with Gasteiger partial charge in [0.15, 0.2) is 0 Å². The highest BCUT2D eigenvalue weighted by molar-refractivity contribution is 5.87. The van der Waals surface area contributed by atoms with Crippen LogP contribution >= 0.6 is 0 Å². The summed E-state index contributed by atoms with van der Waals surface area (Å²) in [5.74, 6) is 0.543. The van der Waals surface area contributed by atoms with E-state index in [2.05, 4.69) is 22.1 Å². The minimum absolute atomic E-state index is 0.485. The molecule has 0 unspecified atom stereocenters. The van der Waals surface area contributed by atoms with Gasteiger partial charge in [0.05, 0.1) is 5.52 Å². The standard InChI is InChI=1S/C16H16N4/c1-10-4-16(18)20-15-6-12(2-3-14(10)15)13-5-11(7-17)8-19-9-13/h2-6,8-9H,7,17H2,1H3,(H2,18,20). The van der Waals surface area contributed by atoms with Gasteiger partial charge < -0.3 is 11.5 Å². The maximum Gasteiger partial charge on any atom is 0.124 e. The van der Waals surface area contributed by atoms with Crippen molar-refractivity contribution in [3.63, 3.8) is 0 Å². The van der Waals surface area contributed by atoms with Crippen molar-refractivity contribution in [2.75, 3.05) is 5.73 Å². The van der Waals surface area contributed by atoms with Gasteiger partial charge in [-0.1, -0.05) is 12.1 Å². The first-order valence-electron chi connectivity index (χ1n) is 6.48. The molecule has 0 saturated heterocycles. The molecule has 1 aromatic carbocycles. The number of nitrogens with two attached hydrogens (primary N) is 2. The molecule has 0 radical (unpaired) electrons. The van der Waals surface area contributed by atoms with Gasteiger partial charge in [-0.05, 0) is 41.8 Å². The van der Waals surface area contributed by atoms with Crippen LogP contribution in [-0.2, 0) is 6.54 Å². The topological polar surface area (TPSA) is 77.8 Å². The van der Waals surface area contributed by atoms with E-state index >= 15 is 0 Å². The smallest absolute Gasteiger partial charge is 0.124 e. The number of aryl methyl sites for hydroxylation is 1. The van der Waals surface area contributed by atoms with Crippen LogP contribution in [0, 0.1) is 6.92 Å². The maximum absolute atomic E-state index is 5.82. The first-order chi connectivity index (χ1) is 9.67. The Hall–Kier alpha value is -2.46. The monoisotopic (exact) mass is 264 g/mol. The molecule has 0 saturated carbocycles. The number of fused-ring (bicyclic) bond motifs is 1. The summed E-state index contributed by atoms with van der Waals surface area (Å²) < 4.78 is 0. The molecular weight excluding hydrogens is 248 g/mol. The van der Waals surface area contributed by atoms with Gasteiger partial charge in [0.2, 0.25) is 0 Å². The first kappa shape index (κ1) is 12.6. The van der Waals surface area contributed by atoms with Crippen LogP contribution in [0.4, 0.5) is 5.82 Å². The number of pyridine rings is 2. The number of aromatic nitrogens is 2. The molecule has 3 rings (SSSR count). The highest BCUT2D eigenvalue weighted by atomic mass is 14.8. The summed E-state index contributed by atoms with van der Waals surface area (Å²) in [6.45, 7) is 2.52. The molecule has 2 aromatic heterocycles. The summed E-state index contributed by atoms with van der Waals surface area (Å²) in [4.78, 5) is 8.62. The molecule has 0 aliphatic heterocycles. The summed E-state index contributed by atoms with van der Waals surface area (Å²) in [7, 11) is 0. The van der Waals surface area contributed by atoms with Gasteiger partial charge in [0.25, 0.3) is 0 Å². The molecule has 0 spiro atoms. The van der Waals surface area contributed by atoms with Gasteiger partial charge in [-0.25, -0.2) is 4.98 Å². The van der Waals surface area contributed by atoms with Crippen LogP contribution in [0.2, 0.25) is 0 Å². The summed E-state index contributed by atoms with van der Waals surface area (Å²) in [5, 5.41) is 1.12. The predicted molar refractivity (Wildman–Crippen MR) is 82.0 cm³/mol. The molecule has 0 aliphatic rings. The number of hydrogen-bond acceptors (Lipinski definition) is 4. The van der Waals surface area contributed by atoms with Crippen molar-refractivity contribution in [2.24, 2.45) is 5.73 Å². The van der Waals surface area contributed by atoms with Crippen molar-refractivity contribution in [3.8, 4) is 11.1 Å². The molecule has 0 amide bonds. The van der Waals surface area contributed by atoms with Crippen molar-refractivity contribution in [3.05, 3.63) is 53.9 Å². The highest BCUT2D eigenvalue weighted by Gasteiger charge is 2.05. The number of hydrogen-bond donors (Lipinski definition) is 2. The van der Waals surface area contributed by atoms with Crippen LogP contribution in [0.3, 0.4) is 0 Å². The van der Waals surface area contributed by atoms with Crippen molar-refractivity contribution in [1.82, 2.24) is 9.97 Å². The van der Waals surface area contributed by atoms with Crippen LogP contribution in [0.1, 0.15) is 11.1 Å². The first-order valence-corrected chi connectivity index (χ1v) is 6.48. The minimum Gasteiger partial charge on any atom is -0.384 e. The lowest BCUT2D eigenvalue weighted by molar-refractivity contribution is 1.05. The third-order valence-corrected chi connectivity index (χ3v) is 3.40. The molecule has 4 heteroatoms. The van der Waals surface area contributed by atoms with Gasteiger partial charge in [-0.2, -0.15) is 0 Å². The summed E-state index contributed by atoms with van der Waals surface area (Å²) in [5.41, 5.74) is 16.6. The van der Waals surface area contributed by atoms with E-state index in [0.29, 0.717) is 12.4 Å². The van der Waals surface area contributed by atoms with E-state index < -0.39 is 0 Å². The van der Waals surface area contributed by atoms with E-state index in [1.54, 1.807) is 6.20 Å². The Kier molecular flexibility index (Phi) is 3.08. The number of anilines is 1. The number of nitrogen functional groups attached to an aromatic ring is 1. The molecule has 4 nitrogen and oxygen atoms in total. The Balaban J connectivity index is 2.17. The quantitative estimate of drug-likeness (QED) is 0.746. The Bertz CT molecular complexity index is 781. The minimum atomic E-state index is 0.485. The molecular formula is C16H16N4. The SMILES string of the molecule is Cc1cc(N)nc2cc(-c3cncc(CN)c3)ccc12. The third-order valence-electron chi connectivity index (χ3n) is 3.40. The van der Waals surface area contributed by atoms with E-state index in [0.717, 1.165) is 33.2 Å². The lowest BCUT2D eigenvalue weighted by Gasteiger charge is -2.07. The Morgan fingerprint density at radius 2 is 1.90 bits per heavy atom. The highest BCUT2D eigenvalue weighted by Crippen LogP contribution is 2.26. The van der Waals surface area contributed by atoms with E-state index in [1.807, 2.05) is 31.3 Å². The number of nitrogens with zero attached hydrogens (tertiary/aromatic N) is 2. The molecule has 0 fully saturated rings. The molecule has 4 N–H and O–H groups in total. The molecule has 0 aliphatic carbocycles. The normalized spacial score (nSPS) is 10.9. The van der Waals surface area contributed by atoms with Gasteiger partial charge in [-0.3, -0.25) is 4.98 Å². The zero-order chi connectivity index (χ0) is 14.1. The molecule has 20 heavy (non-hydrogen) atoms. The van der Waals surface area contributed by atoms with Gasteiger partial charge in [-0.15, -0.1) is 0 Å². The lowest BCUT2D eigenvalue weighted by atomic mass is 10.0. The largest absolute Gasteiger partial charge is 0.384 e. The van der Waals surface area contributed by atoms with Gasteiger partial charge >= 0.3 is 0 Å². The van der Waals surface area contributed by atoms with E-state index in [-0.39, 0.29) is 0 Å². The average molecular weight is 264 g/mol. The molecule has 0 bridgehead atoms. The van der Waals surface area contributed by atoms with Gasteiger partial charge in [0, 0.05) is 29.9 Å². The van der Waals surface area contributed by atoms with E-state index in [4.69, 9.17) is 11.5 Å². The van der Waals surface area contributed by atoms with Crippen molar-refractivity contribution >= 4 is 16.7 Å². The fraction of sp³-hybridized carbons (Fsp3) is 0.125. The summed E-state index contributed by atoms with van der Waals surface area (Å²) in [6, 6.07) is 10.1. The Labute approximate surface area is 117 Å². The molecule has 3 aromatic rings. The van der Waals surface area contributed by atoms with Crippen molar-refractivity contribution in [1.29, 1.82) is 0 Å². The number of rotatable bonds is 2. The lowest BCUT2D eigenvalue weighted by Crippen LogP contribution is -1.97. The van der Waals surface area contributed by atoms with Crippen LogP contribution in [0.5, 0.6) is 0 Å². The fourth-order valence-corrected chi connectivity index (χ4v) is 2.37. The Morgan fingerprint density at radius 3 is 2.70 bits per heavy atom. The second-order valence-corrected chi connectivity index (χ2v) is 4.88. The third kappa shape index (κ3) is 2.21. The zero-order valence-corrected chi connectivity index (χ0v) is 11.3. The van der Waals surface area contributed by atoms with Crippen molar-refractivity contribution in [2.45, 2.75) is 13.5 Å². The van der Waals surface area contributed by atoms with Crippen LogP contribution in [0.15, 0.2) is 42.7 Å². The van der Waals surface area contributed by atoms with Crippen LogP contribution < -0.4 is 11.5 Å².